The Balaban J connectivity index is 1.52. The smallest absolute Gasteiger partial charge is 0.230 e. The van der Waals surface area contributed by atoms with Crippen LogP contribution in [0.1, 0.15) is 23.0 Å². The highest BCUT2D eigenvalue weighted by molar-refractivity contribution is 6.35. The number of nitrogens with one attached hydrogen (secondary N) is 2. The summed E-state index contributed by atoms with van der Waals surface area (Å²) in [7, 11) is 0. The number of ether oxygens (including phenoxy) is 1. The van der Waals surface area contributed by atoms with Gasteiger partial charge in [0.05, 0.1) is 22.0 Å². The lowest BCUT2D eigenvalue weighted by Crippen LogP contribution is -2.50. The van der Waals surface area contributed by atoms with Crippen molar-refractivity contribution >= 4 is 46.7 Å². The third-order valence-corrected chi connectivity index (χ3v) is 6.56. The van der Waals surface area contributed by atoms with E-state index < -0.39 is 6.17 Å². The van der Waals surface area contributed by atoms with Gasteiger partial charge in [-0.25, -0.2) is 4.99 Å². The molecule has 1 atom stereocenters. The molecule has 0 spiro atoms. The molecule has 4 aromatic rings. The summed E-state index contributed by atoms with van der Waals surface area (Å²) >= 11 is 18.9. The van der Waals surface area contributed by atoms with Gasteiger partial charge in [-0.05, 0) is 55.3 Å². The maximum atomic E-state index is 6.55. The number of halogens is 3. The summed E-state index contributed by atoms with van der Waals surface area (Å²) in [5.41, 5.74) is 9.27. The summed E-state index contributed by atoms with van der Waals surface area (Å²) in [6.45, 7) is 2.42. The van der Waals surface area contributed by atoms with Crippen molar-refractivity contribution in [1.29, 1.82) is 0 Å². The van der Waals surface area contributed by atoms with Crippen molar-refractivity contribution in [3.05, 3.63) is 105 Å². The lowest BCUT2D eigenvalue weighted by atomic mass is 10.1. The molecular weight excluding hydrogens is 545 g/mol. The van der Waals surface area contributed by atoms with Gasteiger partial charge < -0.3 is 15.8 Å². The quantitative estimate of drug-likeness (QED) is 0.252. The number of guanidine groups is 2. The van der Waals surface area contributed by atoms with Gasteiger partial charge in [-0.1, -0.05) is 71.2 Å². The lowest BCUT2D eigenvalue weighted by Gasteiger charge is -2.24. The first kappa shape index (κ1) is 25.9. The zero-order valence-corrected chi connectivity index (χ0v) is 22.6. The number of aliphatic imine (C=N–C) groups is 2. The molecule has 1 aromatic heterocycles. The van der Waals surface area contributed by atoms with Gasteiger partial charge in [0.25, 0.3) is 0 Å². The van der Waals surface area contributed by atoms with E-state index in [4.69, 9.17) is 50.4 Å². The predicted octanol–water partition coefficient (Wildman–Crippen LogP) is 6.04. The number of nitrogens with two attached hydrogens (primary N) is 1. The number of aromatic nitrogens is 2. The maximum absolute atomic E-state index is 6.55. The van der Waals surface area contributed by atoms with Crippen LogP contribution in [0.3, 0.4) is 0 Å². The monoisotopic (exact) mass is 567 g/mol. The molecule has 1 unspecified atom stereocenters. The van der Waals surface area contributed by atoms with E-state index in [0.29, 0.717) is 56.1 Å². The van der Waals surface area contributed by atoms with Crippen molar-refractivity contribution in [2.45, 2.75) is 19.5 Å². The summed E-state index contributed by atoms with van der Waals surface area (Å²) in [6.07, 6.45) is 0.158. The third-order valence-electron chi connectivity index (χ3n) is 5.79. The highest BCUT2D eigenvalue weighted by atomic mass is 35.5. The van der Waals surface area contributed by atoms with Crippen LogP contribution < -0.4 is 21.1 Å². The summed E-state index contributed by atoms with van der Waals surface area (Å²) in [5, 5.41) is 12.5. The number of hydrogen-bond acceptors (Lipinski definition) is 5. The van der Waals surface area contributed by atoms with Gasteiger partial charge in [-0.2, -0.15) is 9.78 Å². The zero-order valence-electron chi connectivity index (χ0n) is 20.3. The fourth-order valence-electron chi connectivity index (χ4n) is 4.04. The molecule has 0 aliphatic carbocycles. The highest BCUT2D eigenvalue weighted by Crippen LogP contribution is 2.38. The van der Waals surface area contributed by atoms with Crippen LogP contribution in [0.5, 0.6) is 11.6 Å². The summed E-state index contributed by atoms with van der Waals surface area (Å²) in [4.78, 5) is 9.23. The Labute approximate surface area is 235 Å². The van der Waals surface area contributed by atoms with Crippen LogP contribution in [-0.4, -0.2) is 28.2 Å². The van der Waals surface area contributed by atoms with Gasteiger partial charge >= 0.3 is 0 Å². The Bertz CT molecular complexity index is 1520. The van der Waals surface area contributed by atoms with Gasteiger partial charge in [0.15, 0.2) is 18.1 Å². The van der Waals surface area contributed by atoms with E-state index in [9.17, 15) is 0 Å². The Hall–Kier alpha value is -3.72. The second-order valence-corrected chi connectivity index (χ2v) is 9.80. The molecule has 4 N–H and O–H groups in total. The van der Waals surface area contributed by atoms with Crippen molar-refractivity contribution in [2.75, 3.05) is 6.54 Å². The summed E-state index contributed by atoms with van der Waals surface area (Å²) in [5.74, 6) is 1.64. The number of aryl methyl sites for hydroxylation is 1. The van der Waals surface area contributed by atoms with Crippen LogP contribution in [0.4, 0.5) is 0 Å². The Morgan fingerprint density at radius 1 is 1.00 bits per heavy atom. The maximum Gasteiger partial charge on any atom is 0.230 e. The minimum absolute atomic E-state index is 0.220. The van der Waals surface area contributed by atoms with Gasteiger partial charge in [0, 0.05) is 16.6 Å². The summed E-state index contributed by atoms with van der Waals surface area (Å²) < 4.78 is 7.98. The molecule has 0 amide bonds. The average molecular weight is 569 g/mol. The SMILES string of the molecule is Cc1nn(-c2ccc(Cl)cc2Cl)c(Oc2cccc(Cl)c2)c1C1N=C(N)NC(=NCCc2ccccc2)N1. The molecule has 0 saturated carbocycles. The second kappa shape index (κ2) is 11.3. The fraction of sp³-hybridized carbons (Fsp3) is 0.148. The van der Waals surface area contributed by atoms with E-state index in [1.807, 2.05) is 25.1 Å². The molecule has 38 heavy (non-hydrogen) atoms. The van der Waals surface area contributed by atoms with E-state index in [2.05, 4.69) is 32.8 Å². The van der Waals surface area contributed by atoms with Gasteiger partial charge in [0.2, 0.25) is 5.88 Å². The molecule has 0 saturated heterocycles. The largest absolute Gasteiger partial charge is 0.438 e. The topological polar surface area (TPSA) is 102 Å². The molecule has 0 fully saturated rings. The first-order valence-electron chi connectivity index (χ1n) is 11.8. The Morgan fingerprint density at radius 2 is 1.79 bits per heavy atom. The molecule has 0 radical (unpaired) electrons. The predicted molar refractivity (Wildman–Crippen MR) is 153 cm³/mol. The van der Waals surface area contributed by atoms with Gasteiger partial charge in [0.1, 0.15) is 5.75 Å². The standard InChI is InChI=1S/C27H24Cl3N7O/c1-16-23(24-33-26(31)35-27(34-24)32-13-12-17-6-3-2-4-7-17)25(38-20-9-5-8-18(28)14-20)37(36-16)22-11-10-19(29)15-21(22)30/h2-11,14-15,24H,12-13H2,1H3,(H4,31,32,33,34,35). The zero-order chi connectivity index (χ0) is 26.6. The van der Waals surface area contributed by atoms with Gasteiger partial charge in [-0.3, -0.25) is 10.3 Å². The summed E-state index contributed by atoms with van der Waals surface area (Å²) in [6, 6.07) is 22.4. The first-order chi connectivity index (χ1) is 18.4. The highest BCUT2D eigenvalue weighted by Gasteiger charge is 2.30. The normalized spacial score (nSPS) is 16.1. The molecule has 1 aliphatic heterocycles. The molecule has 5 rings (SSSR count). The van der Waals surface area contributed by atoms with Crippen molar-refractivity contribution in [3.63, 3.8) is 0 Å². The van der Waals surface area contributed by atoms with Crippen molar-refractivity contribution in [2.24, 2.45) is 15.7 Å². The van der Waals surface area contributed by atoms with E-state index in [1.54, 1.807) is 47.1 Å². The van der Waals surface area contributed by atoms with Crippen molar-refractivity contribution in [1.82, 2.24) is 20.4 Å². The third kappa shape index (κ3) is 5.88. The number of benzene rings is 3. The minimum Gasteiger partial charge on any atom is -0.438 e. The Kier molecular flexibility index (Phi) is 7.74. The second-order valence-electron chi connectivity index (χ2n) is 8.52. The Morgan fingerprint density at radius 3 is 2.55 bits per heavy atom. The van der Waals surface area contributed by atoms with E-state index in [1.165, 1.54) is 5.56 Å². The molecule has 1 aliphatic rings. The van der Waals surface area contributed by atoms with Crippen LogP contribution in [-0.2, 0) is 6.42 Å². The van der Waals surface area contributed by atoms with Crippen LogP contribution in [0.25, 0.3) is 5.69 Å². The van der Waals surface area contributed by atoms with Crippen LogP contribution in [0.2, 0.25) is 15.1 Å². The molecule has 8 nitrogen and oxygen atoms in total. The minimum atomic E-state index is -0.624. The van der Waals surface area contributed by atoms with Crippen LogP contribution >= 0.6 is 34.8 Å². The lowest BCUT2D eigenvalue weighted by molar-refractivity contribution is 0.432. The molecule has 3 aromatic carbocycles. The molecular formula is C27H24Cl3N7O. The first-order valence-corrected chi connectivity index (χ1v) is 12.9. The van der Waals surface area contributed by atoms with Crippen LogP contribution in [0.15, 0.2) is 82.8 Å². The molecule has 2 heterocycles. The van der Waals surface area contributed by atoms with Gasteiger partial charge in [-0.15, -0.1) is 0 Å². The van der Waals surface area contributed by atoms with Crippen molar-refractivity contribution < 1.29 is 4.74 Å². The number of rotatable bonds is 7. The molecule has 0 bridgehead atoms. The van der Waals surface area contributed by atoms with Crippen LogP contribution in [0, 0.1) is 6.92 Å². The number of nitrogens with zero attached hydrogens (tertiary/aromatic N) is 4. The van der Waals surface area contributed by atoms with E-state index in [-0.39, 0.29) is 5.96 Å². The fourth-order valence-corrected chi connectivity index (χ4v) is 4.71. The average Bonchev–Trinajstić information content (AvgIpc) is 3.19. The molecule has 11 heteroatoms. The molecule has 194 valence electrons. The van der Waals surface area contributed by atoms with E-state index in [0.717, 1.165) is 6.42 Å². The van der Waals surface area contributed by atoms with Crippen molar-refractivity contribution in [3.8, 4) is 17.3 Å². The number of hydrogen-bond donors (Lipinski definition) is 3. The van der Waals surface area contributed by atoms with E-state index >= 15 is 0 Å².